The highest BCUT2D eigenvalue weighted by Crippen LogP contribution is 2.26. The van der Waals surface area contributed by atoms with Crippen molar-refractivity contribution >= 4 is 29.0 Å². The van der Waals surface area contributed by atoms with E-state index in [1.165, 1.54) is 11.8 Å². The molecule has 0 aromatic carbocycles. The van der Waals surface area contributed by atoms with E-state index in [1.807, 2.05) is 29.1 Å². The number of hydrogen-bond donors (Lipinski definition) is 1. The number of thioether (sulfide) groups is 1. The first kappa shape index (κ1) is 12.7. The maximum atomic E-state index is 11.6. The third-order valence-electron chi connectivity index (χ3n) is 2.85. The Balaban J connectivity index is 1.63. The molecule has 19 heavy (non-hydrogen) atoms. The molecule has 2 aromatic rings. The van der Waals surface area contributed by atoms with Gasteiger partial charge in [-0.1, -0.05) is 17.8 Å². The van der Waals surface area contributed by atoms with Crippen LogP contribution < -0.4 is 5.32 Å². The first-order valence-electron chi connectivity index (χ1n) is 6.09. The van der Waals surface area contributed by atoms with Crippen LogP contribution in [-0.2, 0) is 11.8 Å². The summed E-state index contributed by atoms with van der Waals surface area (Å²) >= 11 is 3.06. The molecule has 1 N–H and O–H groups in total. The number of carbonyl (C=O) groups is 1. The van der Waals surface area contributed by atoms with Gasteiger partial charge in [0.2, 0.25) is 5.91 Å². The summed E-state index contributed by atoms with van der Waals surface area (Å²) in [7, 11) is 1.93. The molecule has 1 saturated carbocycles. The Kier molecular flexibility index (Phi) is 3.56. The van der Waals surface area contributed by atoms with Gasteiger partial charge in [-0.3, -0.25) is 4.79 Å². The van der Waals surface area contributed by atoms with Gasteiger partial charge in [-0.25, -0.2) is 0 Å². The van der Waals surface area contributed by atoms with Crippen molar-refractivity contribution in [1.82, 2.24) is 20.1 Å². The molecule has 0 atom stereocenters. The Morgan fingerprint density at radius 2 is 2.42 bits per heavy atom. The molecule has 2 aromatic heterocycles. The van der Waals surface area contributed by atoms with Crippen LogP contribution in [0.3, 0.4) is 0 Å². The zero-order valence-corrected chi connectivity index (χ0v) is 12.1. The number of thiophene rings is 1. The van der Waals surface area contributed by atoms with E-state index in [0.29, 0.717) is 11.8 Å². The first-order valence-corrected chi connectivity index (χ1v) is 7.96. The van der Waals surface area contributed by atoms with Crippen LogP contribution >= 0.6 is 23.1 Å². The Morgan fingerprint density at radius 1 is 1.58 bits per heavy atom. The third-order valence-corrected chi connectivity index (χ3v) is 4.74. The van der Waals surface area contributed by atoms with E-state index in [1.54, 1.807) is 11.3 Å². The molecule has 0 aliphatic heterocycles. The van der Waals surface area contributed by atoms with Crippen molar-refractivity contribution in [1.29, 1.82) is 0 Å². The second-order valence-electron chi connectivity index (χ2n) is 4.47. The van der Waals surface area contributed by atoms with Gasteiger partial charge in [0.05, 0.1) is 10.6 Å². The fraction of sp³-hybridized carbons (Fsp3) is 0.417. The van der Waals surface area contributed by atoms with E-state index < -0.39 is 0 Å². The summed E-state index contributed by atoms with van der Waals surface area (Å²) in [6.45, 7) is 0. The summed E-state index contributed by atoms with van der Waals surface area (Å²) in [4.78, 5) is 12.7. The van der Waals surface area contributed by atoms with E-state index in [0.717, 1.165) is 28.7 Å². The molecule has 5 nitrogen and oxygen atoms in total. The van der Waals surface area contributed by atoms with Crippen molar-refractivity contribution in [2.75, 3.05) is 5.75 Å². The zero-order valence-electron chi connectivity index (χ0n) is 10.5. The quantitative estimate of drug-likeness (QED) is 0.856. The lowest BCUT2D eigenvalue weighted by Gasteiger charge is -2.03. The second kappa shape index (κ2) is 5.34. The lowest BCUT2D eigenvalue weighted by Crippen LogP contribution is -2.27. The van der Waals surface area contributed by atoms with Gasteiger partial charge in [-0.2, -0.15) is 0 Å². The van der Waals surface area contributed by atoms with E-state index in [9.17, 15) is 4.79 Å². The maximum Gasteiger partial charge on any atom is 0.230 e. The predicted octanol–water partition coefficient (Wildman–Crippen LogP) is 1.91. The van der Waals surface area contributed by atoms with Gasteiger partial charge in [0.1, 0.15) is 0 Å². The topological polar surface area (TPSA) is 59.8 Å². The van der Waals surface area contributed by atoms with E-state index >= 15 is 0 Å². The van der Waals surface area contributed by atoms with Crippen LogP contribution in [0.2, 0.25) is 0 Å². The summed E-state index contributed by atoms with van der Waals surface area (Å²) in [5.41, 5.74) is 0. The number of amides is 1. The number of hydrogen-bond acceptors (Lipinski definition) is 5. The standard InChI is InChI=1S/C12H14N4OS2/c1-16-11(9-3-2-6-18-9)14-15-12(16)19-7-10(17)13-8-4-5-8/h2-3,6,8H,4-5,7H2,1H3,(H,13,17). The maximum absolute atomic E-state index is 11.6. The van der Waals surface area contributed by atoms with Crippen molar-refractivity contribution in [3.05, 3.63) is 17.5 Å². The van der Waals surface area contributed by atoms with E-state index in [2.05, 4.69) is 15.5 Å². The summed E-state index contributed by atoms with van der Waals surface area (Å²) in [6.07, 6.45) is 2.23. The Labute approximate surface area is 119 Å². The lowest BCUT2D eigenvalue weighted by atomic mass is 10.4. The molecule has 7 heteroatoms. The molecule has 0 radical (unpaired) electrons. The summed E-state index contributed by atoms with van der Waals surface area (Å²) in [6, 6.07) is 4.42. The van der Waals surface area contributed by atoms with Crippen molar-refractivity contribution in [3.63, 3.8) is 0 Å². The first-order chi connectivity index (χ1) is 9.24. The Hall–Kier alpha value is -1.34. The second-order valence-corrected chi connectivity index (χ2v) is 6.36. The van der Waals surface area contributed by atoms with Crippen LogP contribution in [0.25, 0.3) is 10.7 Å². The lowest BCUT2D eigenvalue weighted by molar-refractivity contribution is -0.118. The molecule has 0 saturated heterocycles. The molecule has 2 heterocycles. The molecule has 1 fully saturated rings. The normalized spacial score (nSPS) is 14.6. The highest BCUT2D eigenvalue weighted by atomic mass is 32.2. The summed E-state index contributed by atoms with van der Waals surface area (Å²) in [5.74, 6) is 1.32. The fourth-order valence-electron chi connectivity index (χ4n) is 1.69. The van der Waals surface area contributed by atoms with Crippen LogP contribution in [0.4, 0.5) is 0 Å². The van der Waals surface area contributed by atoms with Gasteiger partial charge < -0.3 is 9.88 Å². The molecular formula is C12H14N4OS2. The number of nitrogens with zero attached hydrogens (tertiary/aromatic N) is 3. The molecule has 0 unspecified atom stereocenters. The monoisotopic (exact) mass is 294 g/mol. The van der Waals surface area contributed by atoms with Crippen LogP contribution in [0.5, 0.6) is 0 Å². The Bertz CT molecular complexity index is 575. The van der Waals surface area contributed by atoms with Crippen molar-refractivity contribution in [2.24, 2.45) is 7.05 Å². The minimum Gasteiger partial charge on any atom is -0.353 e. The molecule has 0 bridgehead atoms. The minimum atomic E-state index is 0.0770. The molecular weight excluding hydrogens is 280 g/mol. The molecule has 3 rings (SSSR count). The van der Waals surface area contributed by atoms with Gasteiger partial charge in [0, 0.05) is 13.1 Å². The number of carbonyl (C=O) groups excluding carboxylic acids is 1. The molecule has 0 spiro atoms. The highest BCUT2D eigenvalue weighted by Gasteiger charge is 2.23. The van der Waals surface area contributed by atoms with Gasteiger partial charge in [0.15, 0.2) is 11.0 Å². The van der Waals surface area contributed by atoms with Crippen molar-refractivity contribution in [2.45, 2.75) is 24.0 Å². The fourth-order valence-corrected chi connectivity index (χ4v) is 3.15. The summed E-state index contributed by atoms with van der Waals surface area (Å²) in [5, 5.41) is 14.1. The van der Waals surface area contributed by atoms with Gasteiger partial charge in [0.25, 0.3) is 0 Å². The highest BCUT2D eigenvalue weighted by molar-refractivity contribution is 7.99. The Morgan fingerprint density at radius 3 is 3.11 bits per heavy atom. The third kappa shape index (κ3) is 2.98. The number of nitrogens with one attached hydrogen (secondary N) is 1. The summed E-state index contributed by atoms with van der Waals surface area (Å²) < 4.78 is 1.93. The van der Waals surface area contributed by atoms with Crippen molar-refractivity contribution < 1.29 is 4.79 Å². The van der Waals surface area contributed by atoms with Crippen LogP contribution in [0.15, 0.2) is 22.7 Å². The van der Waals surface area contributed by atoms with Gasteiger partial charge in [-0.15, -0.1) is 21.5 Å². The van der Waals surface area contributed by atoms with E-state index in [4.69, 9.17) is 0 Å². The number of aromatic nitrogens is 3. The molecule has 1 aliphatic rings. The SMILES string of the molecule is Cn1c(SCC(=O)NC2CC2)nnc1-c1cccs1. The predicted molar refractivity (Wildman–Crippen MR) is 76.2 cm³/mol. The number of rotatable bonds is 5. The van der Waals surface area contributed by atoms with Gasteiger partial charge >= 0.3 is 0 Å². The zero-order chi connectivity index (χ0) is 13.2. The largest absolute Gasteiger partial charge is 0.353 e. The minimum absolute atomic E-state index is 0.0770. The van der Waals surface area contributed by atoms with Crippen LogP contribution in [0, 0.1) is 0 Å². The molecule has 100 valence electrons. The van der Waals surface area contributed by atoms with Crippen molar-refractivity contribution in [3.8, 4) is 10.7 Å². The van der Waals surface area contributed by atoms with Gasteiger partial charge in [-0.05, 0) is 24.3 Å². The van der Waals surface area contributed by atoms with Crippen LogP contribution in [-0.4, -0.2) is 32.5 Å². The van der Waals surface area contributed by atoms with Crippen LogP contribution in [0.1, 0.15) is 12.8 Å². The average Bonchev–Trinajstić information content (AvgIpc) is 2.91. The average molecular weight is 294 g/mol. The molecule has 1 aliphatic carbocycles. The van der Waals surface area contributed by atoms with E-state index in [-0.39, 0.29) is 5.91 Å². The molecule has 1 amide bonds. The smallest absolute Gasteiger partial charge is 0.230 e.